The second-order valence-electron chi connectivity index (χ2n) is 6.36. The van der Waals surface area contributed by atoms with Gasteiger partial charge in [0.2, 0.25) is 4.96 Å². The van der Waals surface area contributed by atoms with E-state index in [1.54, 1.807) is 22.7 Å². The van der Waals surface area contributed by atoms with Crippen molar-refractivity contribution in [2.75, 3.05) is 11.9 Å². The Labute approximate surface area is 170 Å². The monoisotopic (exact) mass is 412 g/mol. The molecule has 2 aromatic heterocycles. The van der Waals surface area contributed by atoms with Gasteiger partial charge in [-0.25, -0.2) is 4.52 Å². The van der Waals surface area contributed by atoms with Crippen LogP contribution in [0.5, 0.6) is 5.75 Å². The molecule has 142 valence electrons. The minimum absolute atomic E-state index is 0.140. The topological polar surface area (TPSA) is 68.5 Å². The van der Waals surface area contributed by atoms with Gasteiger partial charge in [0.25, 0.3) is 11.9 Å². The fourth-order valence-electron chi connectivity index (χ4n) is 2.67. The highest BCUT2D eigenvalue weighted by Gasteiger charge is 2.14. The van der Waals surface area contributed by atoms with Gasteiger partial charge in [-0.1, -0.05) is 41.4 Å². The van der Waals surface area contributed by atoms with E-state index in [0.29, 0.717) is 15.7 Å². The zero-order valence-corrected chi connectivity index (χ0v) is 16.8. The van der Waals surface area contributed by atoms with Crippen LogP contribution in [0.4, 0.5) is 5.95 Å². The summed E-state index contributed by atoms with van der Waals surface area (Å²) in [5.41, 5.74) is 4.05. The molecule has 4 rings (SSSR count). The lowest BCUT2D eigenvalue weighted by Crippen LogP contribution is -2.21. The molecule has 4 aromatic rings. The number of aromatic nitrogens is 3. The average molecular weight is 413 g/mol. The van der Waals surface area contributed by atoms with Crippen LogP contribution in [-0.4, -0.2) is 27.1 Å². The molecule has 6 nitrogen and oxygen atoms in total. The first-order valence-electron chi connectivity index (χ1n) is 8.60. The maximum Gasteiger partial charge on any atom is 0.264 e. The Balaban J connectivity index is 1.45. The SMILES string of the molecule is Cc1ccc(-c2csc3nc(NC(=O)COc4ccc(Cl)c(C)c4)nn23)cc1. The van der Waals surface area contributed by atoms with Gasteiger partial charge in [0.15, 0.2) is 6.61 Å². The lowest BCUT2D eigenvalue weighted by molar-refractivity contribution is -0.118. The Morgan fingerprint density at radius 1 is 1.21 bits per heavy atom. The van der Waals surface area contributed by atoms with Crippen LogP contribution in [0.15, 0.2) is 47.8 Å². The van der Waals surface area contributed by atoms with E-state index >= 15 is 0 Å². The van der Waals surface area contributed by atoms with E-state index in [2.05, 4.69) is 15.4 Å². The Hall–Kier alpha value is -2.90. The highest BCUT2D eigenvalue weighted by molar-refractivity contribution is 7.15. The van der Waals surface area contributed by atoms with E-state index in [4.69, 9.17) is 16.3 Å². The normalized spacial score (nSPS) is 11.0. The zero-order valence-electron chi connectivity index (χ0n) is 15.3. The van der Waals surface area contributed by atoms with Gasteiger partial charge in [-0.15, -0.1) is 16.4 Å². The first-order valence-corrected chi connectivity index (χ1v) is 9.85. The summed E-state index contributed by atoms with van der Waals surface area (Å²) in [4.78, 5) is 17.3. The van der Waals surface area contributed by atoms with Crippen LogP contribution in [0.2, 0.25) is 5.02 Å². The molecule has 0 aliphatic rings. The predicted octanol–water partition coefficient (Wildman–Crippen LogP) is 4.75. The van der Waals surface area contributed by atoms with Crippen molar-refractivity contribution in [3.05, 3.63) is 64.0 Å². The lowest BCUT2D eigenvalue weighted by Gasteiger charge is -2.07. The summed E-state index contributed by atoms with van der Waals surface area (Å²) in [7, 11) is 0. The van der Waals surface area contributed by atoms with E-state index in [1.165, 1.54) is 16.9 Å². The minimum Gasteiger partial charge on any atom is -0.484 e. The second-order valence-corrected chi connectivity index (χ2v) is 7.61. The quantitative estimate of drug-likeness (QED) is 0.513. The summed E-state index contributed by atoms with van der Waals surface area (Å²) in [5, 5.41) is 9.73. The minimum atomic E-state index is -0.331. The summed E-state index contributed by atoms with van der Waals surface area (Å²) in [6.45, 7) is 3.78. The number of thiazole rings is 1. The third-order valence-electron chi connectivity index (χ3n) is 4.18. The number of hydrogen-bond acceptors (Lipinski definition) is 5. The van der Waals surface area contributed by atoms with Gasteiger partial charge in [0.05, 0.1) is 5.69 Å². The van der Waals surface area contributed by atoms with E-state index in [1.807, 2.05) is 43.5 Å². The van der Waals surface area contributed by atoms with Crippen LogP contribution in [-0.2, 0) is 4.79 Å². The van der Waals surface area contributed by atoms with Crippen molar-refractivity contribution >= 4 is 39.8 Å². The molecule has 0 aliphatic carbocycles. The molecule has 0 saturated heterocycles. The van der Waals surface area contributed by atoms with Crippen molar-refractivity contribution < 1.29 is 9.53 Å². The molecule has 0 unspecified atom stereocenters. The molecule has 28 heavy (non-hydrogen) atoms. The fourth-order valence-corrected chi connectivity index (χ4v) is 3.62. The predicted molar refractivity (Wildman–Crippen MR) is 111 cm³/mol. The van der Waals surface area contributed by atoms with Crippen molar-refractivity contribution in [3.8, 4) is 17.0 Å². The molecule has 8 heteroatoms. The number of amides is 1. The lowest BCUT2D eigenvalue weighted by atomic mass is 10.1. The van der Waals surface area contributed by atoms with Crippen LogP contribution < -0.4 is 10.1 Å². The Morgan fingerprint density at radius 3 is 2.75 bits per heavy atom. The number of nitrogens with zero attached hydrogens (tertiary/aromatic N) is 3. The first-order chi connectivity index (χ1) is 13.5. The van der Waals surface area contributed by atoms with Crippen LogP contribution in [0, 0.1) is 13.8 Å². The Bertz CT molecular complexity index is 1150. The molecule has 2 heterocycles. The highest BCUT2D eigenvalue weighted by atomic mass is 35.5. The third-order valence-corrected chi connectivity index (χ3v) is 5.42. The summed E-state index contributed by atoms with van der Waals surface area (Å²) in [6, 6.07) is 13.4. The van der Waals surface area contributed by atoms with Crippen molar-refractivity contribution in [2.24, 2.45) is 0 Å². The molecule has 0 bridgehead atoms. The van der Waals surface area contributed by atoms with Gasteiger partial charge in [0.1, 0.15) is 5.75 Å². The van der Waals surface area contributed by atoms with E-state index in [-0.39, 0.29) is 18.5 Å². The number of carbonyl (C=O) groups is 1. The van der Waals surface area contributed by atoms with Crippen molar-refractivity contribution in [3.63, 3.8) is 0 Å². The molecule has 0 radical (unpaired) electrons. The summed E-state index contributed by atoms with van der Waals surface area (Å²) in [6.07, 6.45) is 0. The number of rotatable bonds is 5. The highest BCUT2D eigenvalue weighted by Crippen LogP contribution is 2.26. The maximum atomic E-state index is 12.2. The molecule has 0 aliphatic heterocycles. The van der Waals surface area contributed by atoms with Crippen molar-refractivity contribution in [2.45, 2.75) is 13.8 Å². The van der Waals surface area contributed by atoms with Gasteiger partial charge in [0, 0.05) is 16.0 Å². The number of ether oxygens (including phenoxy) is 1. The summed E-state index contributed by atoms with van der Waals surface area (Å²) < 4.78 is 7.24. The maximum absolute atomic E-state index is 12.2. The number of carbonyl (C=O) groups excluding carboxylic acids is 1. The molecule has 1 N–H and O–H groups in total. The van der Waals surface area contributed by atoms with Crippen LogP contribution in [0.1, 0.15) is 11.1 Å². The van der Waals surface area contributed by atoms with Gasteiger partial charge < -0.3 is 4.74 Å². The molecular weight excluding hydrogens is 396 g/mol. The van der Waals surface area contributed by atoms with Gasteiger partial charge in [-0.2, -0.15) is 4.98 Å². The molecule has 0 saturated carbocycles. The molecule has 0 spiro atoms. The first kappa shape index (κ1) is 18.5. The largest absolute Gasteiger partial charge is 0.484 e. The molecule has 0 fully saturated rings. The summed E-state index contributed by atoms with van der Waals surface area (Å²) >= 11 is 7.46. The zero-order chi connectivity index (χ0) is 19.7. The standard InChI is InChI=1S/C20H17ClN4O2S/c1-12-3-5-14(6-4-12)17-11-28-20-23-19(24-25(17)20)22-18(26)10-27-15-7-8-16(21)13(2)9-15/h3-9,11H,10H2,1-2H3,(H,22,24,26). The number of fused-ring (bicyclic) bond motifs is 1. The number of hydrogen-bond donors (Lipinski definition) is 1. The number of benzene rings is 2. The van der Waals surface area contributed by atoms with Crippen molar-refractivity contribution in [1.29, 1.82) is 0 Å². The molecule has 1 amide bonds. The second kappa shape index (κ2) is 7.61. The van der Waals surface area contributed by atoms with Crippen molar-refractivity contribution in [1.82, 2.24) is 14.6 Å². The summed E-state index contributed by atoms with van der Waals surface area (Å²) in [5.74, 6) is 0.501. The number of anilines is 1. The van der Waals surface area contributed by atoms with E-state index in [9.17, 15) is 4.79 Å². The molecule has 2 aromatic carbocycles. The van der Waals surface area contributed by atoms with E-state index < -0.39 is 0 Å². The number of halogens is 1. The van der Waals surface area contributed by atoms with Gasteiger partial charge in [-0.3, -0.25) is 10.1 Å². The van der Waals surface area contributed by atoms with Crippen LogP contribution >= 0.6 is 22.9 Å². The molecular formula is C20H17ClN4O2S. The van der Waals surface area contributed by atoms with Crippen LogP contribution in [0.25, 0.3) is 16.2 Å². The average Bonchev–Trinajstić information content (AvgIpc) is 3.23. The van der Waals surface area contributed by atoms with Gasteiger partial charge >= 0.3 is 0 Å². The Morgan fingerprint density at radius 2 is 2.00 bits per heavy atom. The smallest absolute Gasteiger partial charge is 0.264 e. The Kier molecular flexibility index (Phi) is 5.02. The van der Waals surface area contributed by atoms with E-state index in [0.717, 1.165) is 16.8 Å². The fraction of sp³-hybridized carbons (Fsp3) is 0.150. The van der Waals surface area contributed by atoms with Crippen LogP contribution in [0.3, 0.4) is 0 Å². The number of aryl methyl sites for hydroxylation is 2. The number of nitrogens with one attached hydrogen (secondary N) is 1. The van der Waals surface area contributed by atoms with Gasteiger partial charge in [-0.05, 0) is 37.6 Å². The molecule has 0 atom stereocenters. The third kappa shape index (κ3) is 3.85.